The number of hydrogen-bond donors (Lipinski definition) is 3. The van der Waals surface area contributed by atoms with Gasteiger partial charge in [-0.25, -0.2) is 4.79 Å². The molecule has 1 aliphatic rings. The van der Waals surface area contributed by atoms with E-state index in [4.69, 9.17) is 16.6 Å². The fraction of sp³-hybridized carbons (Fsp3) is 0.750. The number of carbonyl (C=O) groups excluding carboxylic acids is 2. The Hall–Kier alpha value is -1.68. The maximum Gasteiger partial charge on any atom is 0.451 e. The van der Waals surface area contributed by atoms with Crippen molar-refractivity contribution in [3.05, 3.63) is 0 Å². The van der Waals surface area contributed by atoms with E-state index in [0.29, 0.717) is 12.8 Å². The summed E-state index contributed by atoms with van der Waals surface area (Å²) in [6.45, 7) is 0.233. The van der Waals surface area contributed by atoms with Crippen molar-refractivity contribution in [1.29, 1.82) is 0 Å². The first-order valence-electron chi connectivity index (χ1n) is 6.71. The number of carbonyl (C=O) groups is 3. The summed E-state index contributed by atoms with van der Waals surface area (Å²) >= 11 is 0. The molecule has 7 nitrogen and oxygen atoms in total. The number of ketones is 1. The molecular weight excluding hydrogens is 307 g/mol. The highest BCUT2D eigenvalue weighted by Gasteiger charge is 2.42. The van der Waals surface area contributed by atoms with Gasteiger partial charge in [0.1, 0.15) is 6.04 Å². The van der Waals surface area contributed by atoms with Crippen molar-refractivity contribution in [1.82, 2.24) is 4.90 Å². The van der Waals surface area contributed by atoms with Crippen molar-refractivity contribution in [3.63, 3.8) is 0 Å². The highest BCUT2D eigenvalue weighted by molar-refractivity contribution is 5.89. The minimum atomic E-state index is -5.03. The van der Waals surface area contributed by atoms with E-state index in [1.165, 1.54) is 0 Å². The Labute approximate surface area is 124 Å². The van der Waals surface area contributed by atoms with Crippen molar-refractivity contribution in [2.24, 2.45) is 11.5 Å². The van der Waals surface area contributed by atoms with Crippen molar-refractivity contribution >= 4 is 17.7 Å². The Morgan fingerprint density at radius 3 is 2.23 bits per heavy atom. The first-order valence-corrected chi connectivity index (χ1v) is 6.71. The van der Waals surface area contributed by atoms with Crippen LogP contribution in [0.3, 0.4) is 0 Å². The molecule has 1 heterocycles. The average molecular weight is 325 g/mol. The summed E-state index contributed by atoms with van der Waals surface area (Å²) in [5.41, 5.74) is 10.7. The summed E-state index contributed by atoms with van der Waals surface area (Å²) in [4.78, 5) is 35.0. The van der Waals surface area contributed by atoms with E-state index in [2.05, 4.69) is 0 Å². The van der Waals surface area contributed by atoms with Crippen LogP contribution in [0.15, 0.2) is 0 Å². The Morgan fingerprint density at radius 1 is 1.18 bits per heavy atom. The molecule has 3 atom stereocenters. The molecule has 1 aliphatic heterocycles. The molecule has 0 aromatic heterocycles. The molecule has 0 aliphatic carbocycles. The van der Waals surface area contributed by atoms with Gasteiger partial charge in [0.25, 0.3) is 5.78 Å². The topological polar surface area (TPSA) is 127 Å². The summed E-state index contributed by atoms with van der Waals surface area (Å²) in [5, 5.41) is 8.97. The standard InChI is InChI=1S/C12H18F3N3O4/c13-12(14,15)9(19)6(16)3-4-7(17)10(20)18-5-1-2-8(18)11(21)22/h6-8H,1-5,16-17H2,(H,21,22)/t6?,7-,8-/m0/s1. The lowest BCUT2D eigenvalue weighted by atomic mass is 10.0. The van der Waals surface area contributed by atoms with Crippen molar-refractivity contribution < 1.29 is 32.7 Å². The number of carboxylic acids is 1. The quantitative estimate of drug-likeness (QED) is 0.611. The van der Waals surface area contributed by atoms with Crippen LogP contribution in [0.5, 0.6) is 0 Å². The third-order valence-corrected chi connectivity index (χ3v) is 3.54. The Bertz CT molecular complexity index is 455. The number of hydrogen-bond acceptors (Lipinski definition) is 5. The number of Topliss-reactive ketones (excluding diaryl/α,β-unsaturated/α-hetero) is 1. The van der Waals surface area contributed by atoms with Crippen LogP contribution in [0, 0.1) is 0 Å². The van der Waals surface area contributed by atoms with Crippen LogP contribution in [0.2, 0.25) is 0 Å². The van der Waals surface area contributed by atoms with E-state index < -0.39 is 48.4 Å². The lowest BCUT2D eigenvalue weighted by Crippen LogP contribution is -2.49. The maximum atomic E-state index is 12.2. The summed E-state index contributed by atoms with van der Waals surface area (Å²) in [6, 6.07) is -3.94. The predicted molar refractivity (Wildman–Crippen MR) is 68.6 cm³/mol. The third-order valence-electron chi connectivity index (χ3n) is 3.54. The number of alkyl halides is 3. The highest BCUT2D eigenvalue weighted by atomic mass is 19.4. The average Bonchev–Trinajstić information content (AvgIpc) is 2.91. The second-order valence-corrected chi connectivity index (χ2v) is 5.18. The number of carboxylic acid groups (broad SMARTS) is 1. The molecular formula is C12H18F3N3O4. The molecule has 1 rings (SSSR count). The predicted octanol–water partition coefficient (Wildman–Crippen LogP) is -0.372. The van der Waals surface area contributed by atoms with Gasteiger partial charge in [0, 0.05) is 6.54 Å². The third kappa shape index (κ3) is 4.41. The largest absolute Gasteiger partial charge is 0.480 e. The Morgan fingerprint density at radius 2 is 1.73 bits per heavy atom. The van der Waals surface area contributed by atoms with Gasteiger partial charge >= 0.3 is 12.1 Å². The molecule has 0 aromatic rings. The smallest absolute Gasteiger partial charge is 0.451 e. The number of likely N-dealkylation sites (tertiary alicyclic amines) is 1. The van der Waals surface area contributed by atoms with Gasteiger partial charge in [-0.1, -0.05) is 0 Å². The zero-order chi connectivity index (χ0) is 17.1. The minimum absolute atomic E-state index is 0.231. The first-order chi connectivity index (χ1) is 10.1. The summed E-state index contributed by atoms with van der Waals surface area (Å²) < 4.78 is 36.5. The van der Waals surface area contributed by atoms with Gasteiger partial charge in [0.2, 0.25) is 5.91 Å². The molecule has 126 valence electrons. The number of halogens is 3. The fourth-order valence-corrected chi connectivity index (χ4v) is 2.32. The fourth-order valence-electron chi connectivity index (χ4n) is 2.32. The van der Waals surface area contributed by atoms with Crippen LogP contribution < -0.4 is 11.5 Å². The van der Waals surface area contributed by atoms with Crippen LogP contribution in [0.1, 0.15) is 25.7 Å². The van der Waals surface area contributed by atoms with Gasteiger partial charge in [-0.3, -0.25) is 9.59 Å². The van der Waals surface area contributed by atoms with E-state index in [9.17, 15) is 27.6 Å². The second-order valence-electron chi connectivity index (χ2n) is 5.18. The Kier molecular flexibility index (Phi) is 5.89. The lowest BCUT2D eigenvalue weighted by Gasteiger charge is -2.25. The molecule has 1 unspecified atom stereocenters. The van der Waals surface area contributed by atoms with Gasteiger partial charge < -0.3 is 21.5 Å². The van der Waals surface area contributed by atoms with E-state index >= 15 is 0 Å². The summed E-state index contributed by atoms with van der Waals surface area (Å²) in [6.07, 6.45) is -4.85. The van der Waals surface area contributed by atoms with Gasteiger partial charge in [0.15, 0.2) is 0 Å². The SMILES string of the molecule is NC(CC[C@H](N)C(=O)N1CCC[C@H]1C(=O)O)C(=O)C(F)(F)F. The van der Waals surface area contributed by atoms with E-state index in [1.54, 1.807) is 0 Å². The summed E-state index contributed by atoms with van der Waals surface area (Å²) in [5.74, 6) is -3.88. The molecule has 0 saturated carbocycles. The first kappa shape index (κ1) is 18.4. The van der Waals surface area contributed by atoms with Crippen LogP contribution >= 0.6 is 0 Å². The lowest BCUT2D eigenvalue weighted by molar-refractivity contribution is -0.172. The number of nitrogens with zero attached hydrogens (tertiary/aromatic N) is 1. The van der Waals surface area contributed by atoms with Crippen LogP contribution in [-0.4, -0.2) is 58.5 Å². The molecule has 1 fully saturated rings. The molecule has 5 N–H and O–H groups in total. The van der Waals surface area contributed by atoms with Crippen molar-refractivity contribution in [2.75, 3.05) is 6.54 Å². The van der Waals surface area contributed by atoms with Crippen LogP contribution in [-0.2, 0) is 14.4 Å². The Balaban J connectivity index is 2.55. The molecule has 0 aromatic carbocycles. The zero-order valence-corrected chi connectivity index (χ0v) is 11.7. The van der Waals surface area contributed by atoms with E-state index in [1.807, 2.05) is 0 Å². The van der Waals surface area contributed by atoms with Gasteiger partial charge in [-0.05, 0) is 25.7 Å². The second kappa shape index (κ2) is 7.05. The normalized spacial score (nSPS) is 21.5. The molecule has 0 bridgehead atoms. The van der Waals surface area contributed by atoms with Gasteiger partial charge in [-0.2, -0.15) is 13.2 Å². The molecule has 0 spiro atoms. The molecule has 0 radical (unpaired) electrons. The monoisotopic (exact) mass is 325 g/mol. The maximum absolute atomic E-state index is 12.2. The molecule has 22 heavy (non-hydrogen) atoms. The van der Waals surface area contributed by atoms with Gasteiger partial charge in [0.05, 0.1) is 12.1 Å². The number of amides is 1. The summed E-state index contributed by atoms with van der Waals surface area (Å²) in [7, 11) is 0. The highest BCUT2D eigenvalue weighted by Crippen LogP contribution is 2.21. The van der Waals surface area contributed by atoms with Gasteiger partial charge in [-0.15, -0.1) is 0 Å². The van der Waals surface area contributed by atoms with Crippen LogP contribution in [0.4, 0.5) is 13.2 Å². The minimum Gasteiger partial charge on any atom is -0.480 e. The molecule has 1 saturated heterocycles. The van der Waals surface area contributed by atoms with E-state index in [-0.39, 0.29) is 13.0 Å². The van der Waals surface area contributed by atoms with Crippen LogP contribution in [0.25, 0.3) is 0 Å². The zero-order valence-electron chi connectivity index (χ0n) is 11.7. The van der Waals surface area contributed by atoms with Crippen molar-refractivity contribution in [2.45, 2.75) is 50.0 Å². The number of rotatable bonds is 6. The van der Waals surface area contributed by atoms with Crippen molar-refractivity contribution in [3.8, 4) is 0 Å². The number of nitrogens with two attached hydrogens (primary N) is 2. The molecule has 1 amide bonds. The molecule has 10 heteroatoms. The van der Waals surface area contributed by atoms with E-state index in [0.717, 1.165) is 4.90 Å². The number of aliphatic carboxylic acids is 1.